The van der Waals surface area contributed by atoms with Crippen LogP contribution in [0.5, 0.6) is 0 Å². The summed E-state index contributed by atoms with van der Waals surface area (Å²) in [5.74, 6) is 0.233. The molecule has 1 fully saturated rings. The highest BCUT2D eigenvalue weighted by atomic mass is 32.1. The fourth-order valence-corrected chi connectivity index (χ4v) is 2.47. The van der Waals surface area contributed by atoms with E-state index in [9.17, 15) is 4.79 Å². The molecular weight excluding hydrogens is 260 g/mol. The van der Waals surface area contributed by atoms with E-state index < -0.39 is 5.60 Å². The van der Waals surface area contributed by atoms with Crippen LogP contribution in [0.3, 0.4) is 0 Å². The Labute approximate surface area is 119 Å². The Hall–Kier alpha value is -1.36. The van der Waals surface area contributed by atoms with Gasteiger partial charge >= 0.3 is 6.09 Å². The van der Waals surface area contributed by atoms with Crippen LogP contribution in [0, 0.1) is 0 Å². The maximum absolute atomic E-state index is 11.9. The van der Waals surface area contributed by atoms with Crippen molar-refractivity contribution in [2.24, 2.45) is 0 Å². The summed E-state index contributed by atoms with van der Waals surface area (Å²) >= 11 is 4.49. The molecule has 1 aliphatic heterocycles. The molecule has 1 saturated heterocycles. The lowest BCUT2D eigenvalue weighted by Crippen LogP contribution is -2.55. The van der Waals surface area contributed by atoms with Crippen LogP contribution >= 0.6 is 12.6 Å². The molecule has 104 valence electrons. The number of hydrogen-bond acceptors (Lipinski definition) is 4. The third-order valence-electron chi connectivity index (χ3n) is 3.07. The number of anilines is 1. The Morgan fingerprint density at radius 1 is 1.37 bits per heavy atom. The third kappa shape index (κ3) is 3.15. The van der Waals surface area contributed by atoms with E-state index in [2.05, 4.69) is 12.6 Å². The van der Waals surface area contributed by atoms with Gasteiger partial charge in [-0.2, -0.15) is 12.6 Å². The zero-order chi connectivity index (χ0) is 14.2. The molecule has 0 radical (unpaired) electrons. The van der Waals surface area contributed by atoms with Crippen molar-refractivity contribution in [2.75, 3.05) is 12.3 Å². The number of nitrogens with zero attached hydrogens (tertiary/aromatic N) is 1. The first-order chi connectivity index (χ1) is 8.78. The molecule has 1 amide bonds. The fraction of sp³-hybridized carbons (Fsp3) is 0.500. The summed E-state index contributed by atoms with van der Waals surface area (Å²) in [5.41, 5.74) is 7.07. The number of amides is 1. The molecular formula is C14H20N2O2S. The van der Waals surface area contributed by atoms with Gasteiger partial charge in [-0.05, 0) is 38.5 Å². The Bertz CT molecular complexity index is 467. The minimum atomic E-state index is -0.475. The average Bonchev–Trinajstić information content (AvgIpc) is 2.27. The first-order valence-electron chi connectivity index (χ1n) is 6.31. The molecule has 2 rings (SSSR count). The summed E-state index contributed by atoms with van der Waals surface area (Å²) in [7, 11) is 0. The maximum atomic E-state index is 11.9. The van der Waals surface area contributed by atoms with Gasteiger partial charge in [-0.3, -0.25) is 4.90 Å². The first kappa shape index (κ1) is 14.1. The Morgan fingerprint density at radius 3 is 2.42 bits per heavy atom. The van der Waals surface area contributed by atoms with Crippen molar-refractivity contribution in [2.45, 2.75) is 37.7 Å². The maximum Gasteiger partial charge on any atom is 0.411 e. The van der Waals surface area contributed by atoms with E-state index in [-0.39, 0.29) is 17.4 Å². The zero-order valence-corrected chi connectivity index (χ0v) is 12.4. The lowest BCUT2D eigenvalue weighted by molar-refractivity contribution is 0.00301. The molecule has 1 aliphatic rings. The van der Waals surface area contributed by atoms with E-state index in [1.807, 2.05) is 45.0 Å². The van der Waals surface area contributed by atoms with Crippen LogP contribution in [0.2, 0.25) is 0 Å². The zero-order valence-electron chi connectivity index (χ0n) is 11.5. The van der Waals surface area contributed by atoms with Crippen LogP contribution < -0.4 is 5.73 Å². The van der Waals surface area contributed by atoms with Gasteiger partial charge in [0.1, 0.15) is 5.60 Å². The predicted octanol–water partition coefficient (Wildman–Crippen LogP) is 2.86. The largest absolute Gasteiger partial charge is 0.444 e. The van der Waals surface area contributed by atoms with Gasteiger partial charge in [-0.15, -0.1) is 0 Å². The molecule has 2 unspecified atom stereocenters. The number of hydrogen-bond donors (Lipinski definition) is 2. The fourth-order valence-electron chi connectivity index (χ4n) is 2.02. The number of rotatable bonds is 1. The molecule has 1 aromatic carbocycles. The van der Waals surface area contributed by atoms with Crippen LogP contribution in [0.25, 0.3) is 0 Å². The van der Waals surface area contributed by atoms with E-state index in [0.717, 1.165) is 11.3 Å². The highest BCUT2D eigenvalue weighted by Crippen LogP contribution is 2.37. The molecule has 2 N–H and O–H groups in total. The highest BCUT2D eigenvalue weighted by molar-refractivity contribution is 7.81. The lowest BCUT2D eigenvalue weighted by atomic mass is 9.91. The molecule has 0 bridgehead atoms. The molecule has 0 aromatic heterocycles. The van der Waals surface area contributed by atoms with Crippen LogP contribution in [-0.2, 0) is 4.74 Å². The summed E-state index contributed by atoms with van der Waals surface area (Å²) in [6.45, 7) is 6.20. The van der Waals surface area contributed by atoms with Gasteiger partial charge in [-0.1, -0.05) is 12.1 Å². The van der Waals surface area contributed by atoms with Crippen molar-refractivity contribution in [1.29, 1.82) is 0 Å². The summed E-state index contributed by atoms with van der Waals surface area (Å²) in [6, 6.07) is 7.70. The minimum Gasteiger partial charge on any atom is -0.444 e. The number of carbonyl (C=O) groups excluding carboxylic acids is 1. The topological polar surface area (TPSA) is 55.6 Å². The molecule has 4 nitrogen and oxygen atoms in total. The van der Waals surface area contributed by atoms with E-state index in [1.54, 1.807) is 4.90 Å². The van der Waals surface area contributed by atoms with Crippen LogP contribution in [0.15, 0.2) is 24.3 Å². The Kier molecular flexibility index (Phi) is 3.67. The van der Waals surface area contributed by atoms with Gasteiger partial charge in [0.15, 0.2) is 0 Å². The second-order valence-electron chi connectivity index (χ2n) is 5.82. The van der Waals surface area contributed by atoms with E-state index in [1.165, 1.54) is 0 Å². The van der Waals surface area contributed by atoms with Gasteiger partial charge in [-0.25, -0.2) is 4.79 Å². The molecule has 2 atom stereocenters. The van der Waals surface area contributed by atoms with Crippen LogP contribution in [-0.4, -0.2) is 28.5 Å². The Balaban J connectivity index is 1.98. The molecule has 19 heavy (non-hydrogen) atoms. The molecule has 1 heterocycles. The second-order valence-corrected chi connectivity index (χ2v) is 6.35. The number of nitrogen functional groups attached to an aromatic ring is 1. The average molecular weight is 280 g/mol. The van der Waals surface area contributed by atoms with E-state index >= 15 is 0 Å². The van der Waals surface area contributed by atoms with Gasteiger partial charge in [0.05, 0.1) is 5.37 Å². The van der Waals surface area contributed by atoms with Crippen molar-refractivity contribution >= 4 is 24.4 Å². The van der Waals surface area contributed by atoms with E-state index in [0.29, 0.717) is 6.54 Å². The van der Waals surface area contributed by atoms with Crippen molar-refractivity contribution in [3.8, 4) is 0 Å². The standard InChI is InChI=1S/C14H20N2O2S/c1-14(2,3)18-13(17)16-8-11(12(16)19)9-4-6-10(15)7-5-9/h4-7,11-12,19H,8,15H2,1-3H3. The lowest BCUT2D eigenvalue weighted by Gasteiger charge is -2.45. The quantitative estimate of drug-likeness (QED) is 0.614. The number of carbonyl (C=O) groups is 1. The minimum absolute atomic E-state index is 0.140. The molecule has 0 saturated carbocycles. The number of benzene rings is 1. The predicted molar refractivity (Wildman–Crippen MR) is 79.3 cm³/mol. The van der Waals surface area contributed by atoms with Gasteiger partial charge in [0.2, 0.25) is 0 Å². The number of likely N-dealkylation sites (tertiary alicyclic amines) is 1. The normalized spacial score (nSPS) is 22.8. The third-order valence-corrected chi connectivity index (χ3v) is 3.70. The second kappa shape index (κ2) is 4.96. The summed E-state index contributed by atoms with van der Waals surface area (Å²) < 4.78 is 5.33. The Morgan fingerprint density at radius 2 is 1.95 bits per heavy atom. The molecule has 5 heteroatoms. The monoisotopic (exact) mass is 280 g/mol. The molecule has 0 spiro atoms. The van der Waals surface area contributed by atoms with Crippen molar-refractivity contribution < 1.29 is 9.53 Å². The van der Waals surface area contributed by atoms with Crippen molar-refractivity contribution in [3.05, 3.63) is 29.8 Å². The van der Waals surface area contributed by atoms with Crippen LogP contribution in [0.4, 0.5) is 10.5 Å². The van der Waals surface area contributed by atoms with Gasteiger partial charge < -0.3 is 10.5 Å². The number of thiol groups is 1. The number of nitrogens with two attached hydrogens (primary N) is 1. The van der Waals surface area contributed by atoms with Crippen LogP contribution in [0.1, 0.15) is 32.3 Å². The summed E-state index contributed by atoms with van der Waals surface area (Å²) in [4.78, 5) is 13.6. The SMILES string of the molecule is CC(C)(C)OC(=O)N1CC(c2ccc(N)cc2)C1S. The highest BCUT2D eigenvalue weighted by Gasteiger charge is 2.42. The van der Waals surface area contributed by atoms with Gasteiger partial charge in [0.25, 0.3) is 0 Å². The smallest absolute Gasteiger partial charge is 0.411 e. The molecule has 1 aromatic rings. The van der Waals surface area contributed by atoms with Crippen molar-refractivity contribution in [3.63, 3.8) is 0 Å². The van der Waals surface area contributed by atoms with Gasteiger partial charge in [0, 0.05) is 18.2 Å². The summed E-state index contributed by atoms with van der Waals surface area (Å²) in [5, 5.41) is -0.140. The first-order valence-corrected chi connectivity index (χ1v) is 6.83. The number of ether oxygens (including phenoxy) is 1. The summed E-state index contributed by atoms with van der Waals surface area (Å²) in [6.07, 6.45) is -0.306. The molecule has 0 aliphatic carbocycles. The van der Waals surface area contributed by atoms with E-state index in [4.69, 9.17) is 10.5 Å². The van der Waals surface area contributed by atoms with Crippen molar-refractivity contribution in [1.82, 2.24) is 4.90 Å².